The van der Waals surface area contributed by atoms with Crippen LogP contribution in [0, 0.1) is 19.7 Å². The molecule has 0 aliphatic carbocycles. The average Bonchev–Trinajstić information content (AvgIpc) is 2.92. The van der Waals surface area contributed by atoms with Gasteiger partial charge in [0.05, 0.1) is 17.8 Å². The van der Waals surface area contributed by atoms with Crippen LogP contribution in [0.3, 0.4) is 0 Å². The Kier molecular flexibility index (Phi) is 4.86. The van der Waals surface area contributed by atoms with Gasteiger partial charge in [0.25, 0.3) is 10.0 Å². The molecule has 0 aliphatic heterocycles. The van der Waals surface area contributed by atoms with Crippen LogP contribution < -0.4 is 4.72 Å². The van der Waals surface area contributed by atoms with Crippen molar-refractivity contribution in [3.05, 3.63) is 52.7 Å². The molecule has 1 N–H and O–H groups in total. The Morgan fingerprint density at radius 2 is 1.91 bits per heavy atom. The van der Waals surface area contributed by atoms with Gasteiger partial charge in [-0.1, -0.05) is 0 Å². The van der Waals surface area contributed by atoms with Crippen molar-refractivity contribution in [2.24, 2.45) is 0 Å². The smallest absolute Gasteiger partial charge is 0.301 e. The fourth-order valence-electron chi connectivity index (χ4n) is 2.09. The van der Waals surface area contributed by atoms with Crippen LogP contribution in [-0.4, -0.2) is 21.4 Å². The third-order valence-corrected chi connectivity index (χ3v) is 4.51. The van der Waals surface area contributed by atoms with E-state index >= 15 is 0 Å². The van der Waals surface area contributed by atoms with E-state index in [9.17, 15) is 17.6 Å². The molecule has 0 saturated heterocycles. The van der Waals surface area contributed by atoms with E-state index in [1.165, 1.54) is 33.3 Å². The monoisotopic (exact) mass is 341 g/mol. The number of methoxy groups -OCH3 is 1. The molecule has 0 spiro atoms. The maximum atomic E-state index is 13.6. The van der Waals surface area contributed by atoms with E-state index in [2.05, 4.69) is 0 Å². The molecule has 1 amide bonds. The number of furan rings is 1. The number of nitrogens with one attached hydrogen (secondary N) is 1. The standard InChI is InChI=1S/C15H16FNO5S/c1-9-6-12(7-10(2)13(9)16)23(19,20)17-15(18)14-11(8-21-3)4-5-22-14/h4-7H,8H2,1-3H3,(H,17,18). The molecule has 0 fully saturated rings. The van der Waals surface area contributed by atoms with Gasteiger partial charge in [0.2, 0.25) is 0 Å². The average molecular weight is 341 g/mol. The van der Waals surface area contributed by atoms with Crippen molar-refractivity contribution in [3.63, 3.8) is 0 Å². The SMILES string of the molecule is COCc1ccoc1C(=O)NS(=O)(=O)c1cc(C)c(F)c(C)c1. The lowest BCUT2D eigenvalue weighted by molar-refractivity contribution is 0.0947. The molecule has 0 unspecified atom stereocenters. The maximum Gasteiger partial charge on any atom is 0.301 e. The predicted molar refractivity (Wildman–Crippen MR) is 79.9 cm³/mol. The van der Waals surface area contributed by atoms with Gasteiger partial charge in [-0.15, -0.1) is 0 Å². The van der Waals surface area contributed by atoms with E-state index in [-0.39, 0.29) is 28.4 Å². The first-order valence-corrected chi connectivity index (χ1v) is 8.13. The first-order chi connectivity index (χ1) is 10.8. The fraction of sp³-hybridized carbons (Fsp3) is 0.267. The fourth-order valence-corrected chi connectivity index (χ4v) is 3.21. The molecule has 0 aliphatic rings. The number of amides is 1. The molecule has 23 heavy (non-hydrogen) atoms. The third-order valence-electron chi connectivity index (χ3n) is 3.20. The van der Waals surface area contributed by atoms with Gasteiger partial charge in [0.15, 0.2) is 5.76 Å². The second-order valence-electron chi connectivity index (χ2n) is 5.01. The molecule has 1 aromatic heterocycles. The number of sulfonamides is 1. The summed E-state index contributed by atoms with van der Waals surface area (Å²) in [4.78, 5) is 11.9. The minimum Gasteiger partial charge on any atom is -0.459 e. The molecule has 0 atom stereocenters. The minimum absolute atomic E-state index is 0.105. The number of hydrogen-bond acceptors (Lipinski definition) is 5. The first kappa shape index (κ1) is 17.2. The second-order valence-corrected chi connectivity index (χ2v) is 6.70. The maximum absolute atomic E-state index is 13.6. The number of aryl methyl sites for hydroxylation is 2. The van der Waals surface area contributed by atoms with Gasteiger partial charge in [-0.2, -0.15) is 0 Å². The van der Waals surface area contributed by atoms with Crippen molar-refractivity contribution in [3.8, 4) is 0 Å². The zero-order valence-electron chi connectivity index (χ0n) is 12.8. The van der Waals surface area contributed by atoms with Crippen molar-refractivity contribution < 1.29 is 26.8 Å². The van der Waals surface area contributed by atoms with E-state index in [1.807, 2.05) is 4.72 Å². The quantitative estimate of drug-likeness (QED) is 0.902. The highest BCUT2D eigenvalue weighted by molar-refractivity contribution is 7.90. The molecular weight excluding hydrogens is 325 g/mol. The number of halogens is 1. The van der Waals surface area contributed by atoms with Crippen LogP contribution in [0.5, 0.6) is 0 Å². The van der Waals surface area contributed by atoms with Gasteiger partial charge < -0.3 is 9.15 Å². The normalized spacial score (nSPS) is 11.5. The van der Waals surface area contributed by atoms with E-state index in [0.717, 1.165) is 12.1 Å². The number of ether oxygens (including phenoxy) is 1. The molecule has 2 aromatic rings. The van der Waals surface area contributed by atoms with Gasteiger partial charge >= 0.3 is 5.91 Å². The Bertz CT molecular complexity index is 818. The van der Waals surface area contributed by atoms with Gasteiger partial charge in [0.1, 0.15) is 5.82 Å². The van der Waals surface area contributed by atoms with Crippen LogP contribution in [0.4, 0.5) is 4.39 Å². The molecule has 6 nitrogen and oxygen atoms in total. The Balaban J connectivity index is 2.31. The van der Waals surface area contributed by atoms with Crippen LogP contribution in [0.2, 0.25) is 0 Å². The molecule has 0 radical (unpaired) electrons. The number of benzene rings is 1. The zero-order chi connectivity index (χ0) is 17.2. The van der Waals surface area contributed by atoms with Crippen molar-refractivity contribution in [2.75, 3.05) is 7.11 Å². The molecule has 1 heterocycles. The molecule has 0 saturated carbocycles. The molecule has 8 heteroatoms. The molecule has 1 aromatic carbocycles. The van der Waals surface area contributed by atoms with Gasteiger partial charge in [-0.05, 0) is 43.2 Å². The lowest BCUT2D eigenvalue weighted by atomic mass is 10.1. The Labute approximate surface area is 133 Å². The van der Waals surface area contributed by atoms with Crippen LogP contribution in [0.25, 0.3) is 0 Å². The molecule has 0 bridgehead atoms. The lowest BCUT2D eigenvalue weighted by Gasteiger charge is -2.09. The number of rotatable bonds is 5. The molecular formula is C15H16FNO5S. The summed E-state index contributed by atoms with van der Waals surface area (Å²) in [7, 11) is -2.71. The van der Waals surface area contributed by atoms with E-state index in [4.69, 9.17) is 9.15 Å². The van der Waals surface area contributed by atoms with E-state index in [0.29, 0.717) is 5.56 Å². The molecule has 124 valence electrons. The van der Waals surface area contributed by atoms with Gasteiger partial charge in [0, 0.05) is 12.7 Å². The summed E-state index contributed by atoms with van der Waals surface area (Å²) in [5.74, 6) is -1.55. The number of carbonyl (C=O) groups is 1. The first-order valence-electron chi connectivity index (χ1n) is 6.65. The topological polar surface area (TPSA) is 85.6 Å². The van der Waals surface area contributed by atoms with Crippen LogP contribution in [-0.2, 0) is 21.4 Å². The third kappa shape index (κ3) is 3.59. The Morgan fingerprint density at radius 3 is 2.48 bits per heavy atom. The number of hydrogen-bond donors (Lipinski definition) is 1. The highest BCUT2D eigenvalue weighted by Gasteiger charge is 2.24. The van der Waals surface area contributed by atoms with E-state index < -0.39 is 21.7 Å². The highest BCUT2D eigenvalue weighted by Crippen LogP contribution is 2.19. The van der Waals surface area contributed by atoms with Crippen LogP contribution in [0.1, 0.15) is 27.2 Å². The summed E-state index contributed by atoms with van der Waals surface area (Å²) >= 11 is 0. The molecule has 2 rings (SSSR count). The van der Waals surface area contributed by atoms with E-state index in [1.54, 1.807) is 0 Å². The van der Waals surface area contributed by atoms with Crippen molar-refractivity contribution >= 4 is 15.9 Å². The van der Waals surface area contributed by atoms with Crippen LogP contribution >= 0.6 is 0 Å². The Morgan fingerprint density at radius 1 is 1.30 bits per heavy atom. The second kappa shape index (κ2) is 6.51. The number of carbonyl (C=O) groups excluding carboxylic acids is 1. The largest absolute Gasteiger partial charge is 0.459 e. The van der Waals surface area contributed by atoms with Crippen molar-refractivity contribution in [1.29, 1.82) is 0 Å². The summed E-state index contributed by atoms with van der Waals surface area (Å²) in [6.07, 6.45) is 1.27. The van der Waals surface area contributed by atoms with Crippen molar-refractivity contribution in [2.45, 2.75) is 25.3 Å². The summed E-state index contributed by atoms with van der Waals surface area (Å²) in [5, 5.41) is 0. The summed E-state index contributed by atoms with van der Waals surface area (Å²) in [6.45, 7) is 3.01. The summed E-state index contributed by atoms with van der Waals surface area (Å²) < 4.78 is 50.0. The summed E-state index contributed by atoms with van der Waals surface area (Å²) in [5.41, 5.74) is 0.776. The highest BCUT2D eigenvalue weighted by atomic mass is 32.2. The summed E-state index contributed by atoms with van der Waals surface area (Å²) in [6, 6.07) is 3.84. The predicted octanol–water partition coefficient (Wildman–Crippen LogP) is 2.30. The van der Waals surface area contributed by atoms with Gasteiger partial charge in [-0.25, -0.2) is 17.5 Å². The van der Waals surface area contributed by atoms with Gasteiger partial charge in [-0.3, -0.25) is 4.79 Å². The Hall–Kier alpha value is -2.19. The van der Waals surface area contributed by atoms with Crippen molar-refractivity contribution in [1.82, 2.24) is 4.72 Å². The minimum atomic E-state index is -4.15. The lowest BCUT2D eigenvalue weighted by Crippen LogP contribution is -2.31. The zero-order valence-corrected chi connectivity index (χ0v) is 13.7. The van der Waals surface area contributed by atoms with Crippen LogP contribution in [0.15, 0.2) is 33.8 Å².